The first-order valence-corrected chi connectivity index (χ1v) is 10.2. The molecule has 1 unspecified atom stereocenters. The molecule has 1 amide bonds. The molecular weight excluding hydrogens is 438 g/mol. The van der Waals surface area contributed by atoms with E-state index in [9.17, 15) is 9.00 Å². The molecule has 0 saturated heterocycles. The van der Waals surface area contributed by atoms with E-state index in [0.717, 1.165) is 21.3 Å². The van der Waals surface area contributed by atoms with Crippen LogP contribution < -0.4 is 10.0 Å². The largest absolute Gasteiger partial charge is 0.298 e. The van der Waals surface area contributed by atoms with Gasteiger partial charge in [0.25, 0.3) is 17.2 Å². The summed E-state index contributed by atoms with van der Waals surface area (Å²) < 4.78 is 23.4. The SMILES string of the molecule is Cc1ccc(C(=O)Nc2nc(-c3ccc(Br)cc3)cs2)c(NS(=O)O)c1. The van der Waals surface area contributed by atoms with Crippen molar-refractivity contribution < 1.29 is 13.6 Å². The van der Waals surface area contributed by atoms with Gasteiger partial charge in [0.05, 0.1) is 16.9 Å². The van der Waals surface area contributed by atoms with Crippen molar-refractivity contribution in [3.8, 4) is 11.3 Å². The zero-order chi connectivity index (χ0) is 18.7. The third kappa shape index (κ3) is 4.55. The molecule has 1 heterocycles. The maximum absolute atomic E-state index is 12.5. The van der Waals surface area contributed by atoms with Crippen LogP contribution in [0.2, 0.25) is 0 Å². The summed E-state index contributed by atoms with van der Waals surface area (Å²) in [6, 6.07) is 12.7. The second kappa shape index (κ2) is 8.09. The summed E-state index contributed by atoms with van der Waals surface area (Å²) >= 11 is 2.43. The van der Waals surface area contributed by atoms with Crippen LogP contribution in [-0.2, 0) is 11.3 Å². The molecule has 0 spiro atoms. The van der Waals surface area contributed by atoms with Gasteiger partial charge >= 0.3 is 0 Å². The predicted molar refractivity (Wildman–Crippen MR) is 109 cm³/mol. The number of aryl methyl sites for hydroxylation is 1. The van der Waals surface area contributed by atoms with Crippen molar-refractivity contribution in [3.63, 3.8) is 0 Å². The Hall–Kier alpha value is -2.07. The highest BCUT2D eigenvalue weighted by atomic mass is 79.9. The van der Waals surface area contributed by atoms with E-state index in [4.69, 9.17) is 4.55 Å². The minimum atomic E-state index is -2.27. The Balaban J connectivity index is 1.81. The molecule has 9 heteroatoms. The van der Waals surface area contributed by atoms with E-state index in [1.54, 1.807) is 18.2 Å². The number of rotatable bonds is 5. The van der Waals surface area contributed by atoms with Gasteiger partial charge in [-0.1, -0.05) is 34.1 Å². The van der Waals surface area contributed by atoms with E-state index in [1.807, 2.05) is 36.6 Å². The van der Waals surface area contributed by atoms with Crippen LogP contribution >= 0.6 is 27.3 Å². The second-order valence-corrected chi connectivity index (χ2v) is 7.88. The van der Waals surface area contributed by atoms with Gasteiger partial charge < -0.3 is 0 Å². The molecule has 0 aliphatic heterocycles. The number of anilines is 2. The Kier molecular flexibility index (Phi) is 5.82. The molecule has 134 valence electrons. The number of hydrogen-bond donors (Lipinski definition) is 3. The molecule has 26 heavy (non-hydrogen) atoms. The van der Waals surface area contributed by atoms with E-state index >= 15 is 0 Å². The smallest absolute Gasteiger partial charge is 0.259 e. The van der Waals surface area contributed by atoms with Gasteiger partial charge in [0, 0.05) is 15.4 Å². The first kappa shape index (κ1) is 18.7. The molecule has 3 N–H and O–H groups in total. The van der Waals surface area contributed by atoms with Crippen LogP contribution in [0.1, 0.15) is 15.9 Å². The Morgan fingerprint density at radius 3 is 2.65 bits per heavy atom. The van der Waals surface area contributed by atoms with Crippen LogP contribution in [0.5, 0.6) is 0 Å². The number of nitrogens with zero attached hydrogens (tertiary/aromatic N) is 1. The summed E-state index contributed by atoms with van der Waals surface area (Å²) in [6.07, 6.45) is 0. The van der Waals surface area contributed by atoms with Crippen molar-refractivity contribution in [2.24, 2.45) is 0 Å². The molecule has 1 aromatic heterocycles. The van der Waals surface area contributed by atoms with E-state index < -0.39 is 17.2 Å². The fourth-order valence-electron chi connectivity index (χ4n) is 2.28. The zero-order valence-electron chi connectivity index (χ0n) is 13.5. The molecule has 0 aliphatic carbocycles. The number of carbonyl (C=O) groups is 1. The van der Waals surface area contributed by atoms with Crippen LogP contribution in [0.4, 0.5) is 10.8 Å². The minimum Gasteiger partial charge on any atom is -0.298 e. The molecule has 0 fully saturated rings. The molecule has 0 saturated carbocycles. The lowest BCUT2D eigenvalue weighted by Gasteiger charge is -2.09. The van der Waals surface area contributed by atoms with Crippen molar-refractivity contribution in [2.45, 2.75) is 6.92 Å². The number of halogens is 1. The van der Waals surface area contributed by atoms with Gasteiger partial charge in [-0.2, -0.15) is 0 Å². The fourth-order valence-corrected chi connectivity index (χ4v) is 3.62. The molecule has 0 radical (unpaired) electrons. The lowest BCUT2D eigenvalue weighted by molar-refractivity contribution is 0.102. The van der Waals surface area contributed by atoms with Gasteiger partial charge in [0.15, 0.2) is 5.13 Å². The van der Waals surface area contributed by atoms with Crippen molar-refractivity contribution in [2.75, 3.05) is 10.0 Å². The number of amides is 1. The van der Waals surface area contributed by atoms with Gasteiger partial charge in [-0.05, 0) is 36.8 Å². The number of benzene rings is 2. The van der Waals surface area contributed by atoms with E-state index in [2.05, 4.69) is 31.0 Å². The third-order valence-electron chi connectivity index (χ3n) is 3.48. The average molecular weight is 452 g/mol. The Morgan fingerprint density at radius 2 is 1.96 bits per heavy atom. The van der Waals surface area contributed by atoms with Crippen molar-refractivity contribution in [1.29, 1.82) is 0 Å². The standard InChI is InChI=1S/C17H14BrN3O3S2/c1-10-2-7-13(14(8-10)21-26(23)24)16(22)20-17-19-15(9-25-17)11-3-5-12(18)6-4-11/h2-9,21H,1H3,(H,23,24)(H,19,20,22). The molecule has 1 atom stereocenters. The Bertz CT molecular complexity index is 974. The lowest BCUT2D eigenvalue weighted by Crippen LogP contribution is -2.15. The number of aromatic nitrogens is 1. The minimum absolute atomic E-state index is 0.262. The number of thiazole rings is 1. The molecule has 0 bridgehead atoms. The van der Waals surface area contributed by atoms with Crippen molar-refractivity contribution >= 4 is 55.3 Å². The van der Waals surface area contributed by atoms with Crippen LogP contribution in [-0.4, -0.2) is 19.7 Å². The topological polar surface area (TPSA) is 91.3 Å². The highest BCUT2D eigenvalue weighted by Crippen LogP contribution is 2.27. The highest BCUT2D eigenvalue weighted by molar-refractivity contribution is 9.10. The lowest BCUT2D eigenvalue weighted by atomic mass is 10.1. The summed E-state index contributed by atoms with van der Waals surface area (Å²) in [6.45, 7) is 1.83. The Labute approximate surface area is 165 Å². The average Bonchev–Trinajstić information content (AvgIpc) is 3.03. The normalized spacial score (nSPS) is 11.8. The summed E-state index contributed by atoms with van der Waals surface area (Å²) in [5, 5.41) is 5.04. The van der Waals surface area contributed by atoms with Crippen LogP contribution in [0.3, 0.4) is 0 Å². The first-order chi connectivity index (χ1) is 12.4. The molecule has 2 aromatic carbocycles. The van der Waals surface area contributed by atoms with E-state index in [-0.39, 0.29) is 11.3 Å². The molecule has 0 aliphatic rings. The van der Waals surface area contributed by atoms with Gasteiger partial charge in [-0.25, -0.2) is 9.19 Å². The fraction of sp³-hybridized carbons (Fsp3) is 0.0588. The monoisotopic (exact) mass is 451 g/mol. The summed E-state index contributed by atoms with van der Waals surface area (Å²) in [7, 11) is 0. The van der Waals surface area contributed by atoms with Gasteiger partial charge in [-0.15, -0.1) is 11.3 Å². The predicted octanol–water partition coefficient (Wildman–Crippen LogP) is 4.68. The van der Waals surface area contributed by atoms with E-state index in [0.29, 0.717) is 5.13 Å². The summed E-state index contributed by atoms with van der Waals surface area (Å²) in [4.78, 5) is 17.0. The van der Waals surface area contributed by atoms with Gasteiger partial charge in [0.1, 0.15) is 0 Å². The number of carbonyl (C=O) groups excluding carboxylic acids is 1. The zero-order valence-corrected chi connectivity index (χ0v) is 16.7. The molecule has 6 nitrogen and oxygen atoms in total. The van der Waals surface area contributed by atoms with Crippen LogP contribution in [0.25, 0.3) is 11.3 Å². The summed E-state index contributed by atoms with van der Waals surface area (Å²) in [5.74, 6) is -0.408. The van der Waals surface area contributed by atoms with E-state index in [1.165, 1.54) is 11.3 Å². The maximum atomic E-state index is 12.5. The molecule has 3 aromatic rings. The van der Waals surface area contributed by atoms with Crippen molar-refractivity contribution in [1.82, 2.24) is 4.98 Å². The van der Waals surface area contributed by atoms with Gasteiger partial charge in [0.2, 0.25) is 0 Å². The third-order valence-corrected chi connectivity index (χ3v) is 5.16. The Morgan fingerprint density at radius 1 is 1.23 bits per heavy atom. The quantitative estimate of drug-likeness (QED) is 0.490. The van der Waals surface area contributed by atoms with Crippen LogP contribution in [0, 0.1) is 6.92 Å². The maximum Gasteiger partial charge on any atom is 0.259 e. The highest BCUT2D eigenvalue weighted by Gasteiger charge is 2.15. The number of hydrogen-bond acceptors (Lipinski definition) is 4. The second-order valence-electron chi connectivity index (χ2n) is 5.40. The summed E-state index contributed by atoms with van der Waals surface area (Å²) in [5.41, 5.74) is 3.11. The molecule has 3 rings (SSSR count). The van der Waals surface area contributed by atoms with Crippen molar-refractivity contribution in [3.05, 3.63) is 63.4 Å². The van der Waals surface area contributed by atoms with Crippen LogP contribution in [0.15, 0.2) is 52.3 Å². The first-order valence-electron chi connectivity index (χ1n) is 7.43. The molecular formula is C17H14BrN3O3S2. The number of nitrogens with one attached hydrogen (secondary N) is 2. The van der Waals surface area contributed by atoms with Gasteiger partial charge in [-0.3, -0.25) is 19.4 Å².